The van der Waals surface area contributed by atoms with Crippen LogP contribution in [0.4, 0.5) is 9.59 Å². The monoisotopic (exact) mass is 331 g/mol. The standard InChI is InChI=1S/C14H23NO6.C2H6/c1-10(14(5)8-19-12(17)20-9-14)18-7-6-15-11(16)21-13(2,3)4;1-2/h1,6-9H2,2-5H3,(H,15,16);1-2H3. The first-order valence-electron chi connectivity index (χ1n) is 7.71. The van der Waals surface area contributed by atoms with Gasteiger partial charge in [-0.15, -0.1) is 0 Å². The lowest BCUT2D eigenvalue weighted by molar-refractivity contribution is -0.0571. The summed E-state index contributed by atoms with van der Waals surface area (Å²) in [5.74, 6) is 0.445. The summed E-state index contributed by atoms with van der Waals surface area (Å²) in [5, 5.41) is 2.57. The summed E-state index contributed by atoms with van der Waals surface area (Å²) < 4.78 is 20.2. The fourth-order valence-electron chi connectivity index (χ4n) is 1.50. The number of ether oxygens (including phenoxy) is 4. The van der Waals surface area contributed by atoms with Gasteiger partial charge in [-0.1, -0.05) is 20.4 Å². The van der Waals surface area contributed by atoms with Crippen LogP contribution in [0.3, 0.4) is 0 Å². The summed E-state index contributed by atoms with van der Waals surface area (Å²) in [6, 6.07) is 0. The Hall–Kier alpha value is -1.92. The second kappa shape index (κ2) is 9.27. The molecule has 0 aliphatic carbocycles. The smallest absolute Gasteiger partial charge is 0.496 e. The number of carbonyl (C=O) groups is 2. The first-order chi connectivity index (χ1) is 10.6. The molecular formula is C16H29NO6. The van der Waals surface area contributed by atoms with Crippen LogP contribution >= 0.6 is 0 Å². The van der Waals surface area contributed by atoms with E-state index in [4.69, 9.17) is 18.9 Å². The van der Waals surface area contributed by atoms with E-state index >= 15 is 0 Å². The lowest BCUT2D eigenvalue weighted by Crippen LogP contribution is -2.39. The highest BCUT2D eigenvalue weighted by Crippen LogP contribution is 2.30. The van der Waals surface area contributed by atoms with E-state index in [0.717, 1.165) is 0 Å². The van der Waals surface area contributed by atoms with Crippen LogP contribution in [0.25, 0.3) is 0 Å². The summed E-state index contributed by atoms with van der Waals surface area (Å²) >= 11 is 0. The molecule has 1 fully saturated rings. The topological polar surface area (TPSA) is 83.1 Å². The molecule has 134 valence electrons. The number of rotatable bonds is 5. The molecule has 0 aromatic carbocycles. The Bertz CT molecular complexity index is 403. The van der Waals surface area contributed by atoms with Crippen molar-refractivity contribution in [2.75, 3.05) is 26.4 Å². The molecule has 0 spiro atoms. The molecular weight excluding hydrogens is 302 g/mol. The zero-order valence-corrected chi connectivity index (χ0v) is 15.0. The van der Waals surface area contributed by atoms with Crippen LogP contribution in [0.5, 0.6) is 0 Å². The SMILES string of the molecule is C=C(OCCNC(=O)OC(C)(C)C)C1(C)COC(=O)OC1.CC. The zero-order valence-electron chi connectivity index (χ0n) is 15.0. The molecule has 0 aromatic heterocycles. The molecule has 7 nitrogen and oxygen atoms in total. The molecule has 0 radical (unpaired) electrons. The molecule has 0 atom stereocenters. The molecule has 1 amide bonds. The molecule has 1 aliphatic heterocycles. The van der Waals surface area contributed by atoms with E-state index < -0.39 is 23.3 Å². The van der Waals surface area contributed by atoms with Gasteiger partial charge in [0.15, 0.2) is 0 Å². The number of hydrogen-bond donors (Lipinski definition) is 1. The van der Waals surface area contributed by atoms with E-state index in [9.17, 15) is 9.59 Å². The number of carbonyl (C=O) groups excluding carboxylic acids is 2. The van der Waals surface area contributed by atoms with Crippen molar-refractivity contribution in [3.8, 4) is 0 Å². The van der Waals surface area contributed by atoms with Crippen molar-refractivity contribution in [1.29, 1.82) is 0 Å². The van der Waals surface area contributed by atoms with Gasteiger partial charge in [0.25, 0.3) is 0 Å². The maximum atomic E-state index is 11.4. The molecule has 23 heavy (non-hydrogen) atoms. The minimum atomic E-state index is -0.688. The normalized spacial score (nSPS) is 16.0. The van der Waals surface area contributed by atoms with E-state index in [-0.39, 0.29) is 26.4 Å². The second-order valence-corrected chi connectivity index (χ2v) is 6.09. The van der Waals surface area contributed by atoms with E-state index in [1.165, 1.54) is 0 Å². The van der Waals surface area contributed by atoms with Gasteiger partial charge in [-0.3, -0.25) is 0 Å². The highest BCUT2D eigenvalue weighted by Gasteiger charge is 2.37. The number of cyclic esters (lactones) is 2. The number of nitrogens with one attached hydrogen (secondary N) is 1. The number of alkyl carbamates (subject to hydrolysis) is 1. The molecule has 1 rings (SSSR count). The van der Waals surface area contributed by atoms with Crippen molar-refractivity contribution in [3.63, 3.8) is 0 Å². The van der Waals surface area contributed by atoms with Crippen LogP contribution < -0.4 is 5.32 Å². The van der Waals surface area contributed by atoms with Crippen LogP contribution in [-0.2, 0) is 18.9 Å². The van der Waals surface area contributed by atoms with Crippen LogP contribution in [0, 0.1) is 5.41 Å². The number of hydrogen-bond acceptors (Lipinski definition) is 6. The van der Waals surface area contributed by atoms with E-state index in [0.29, 0.717) is 5.76 Å². The van der Waals surface area contributed by atoms with Crippen LogP contribution in [0.15, 0.2) is 12.3 Å². The van der Waals surface area contributed by atoms with E-state index in [2.05, 4.69) is 11.9 Å². The molecule has 1 N–H and O–H groups in total. The Balaban J connectivity index is 0.00000232. The predicted molar refractivity (Wildman–Crippen MR) is 86.1 cm³/mol. The van der Waals surface area contributed by atoms with Crippen LogP contribution in [0.2, 0.25) is 0 Å². The Morgan fingerprint density at radius 2 is 1.83 bits per heavy atom. The van der Waals surface area contributed by atoms with Gasteiger partial charge in [0.05, 0.1) is 12.0 Å². The highest BCUT2D eigenvalue weighted by atomic mass is 16.7. The minimum Gasteiger partial charge on any atom is -0.496 e. The molecule has 1 aliphatic rings. The van der Waals surface area contributed by atoms with Gasteiger partial charge in [-0.25, -0.2) is 9.59 Å². The summed E-state index contributed by atoms with van der Waals surface area (Å²) in [6.45, 7) is 15.8. The third-order valence-electron chi connectivity index (χ3n) is 2.74. The van der Waals surface area contributed by atoms with Gasteiger partial charge >= 0.3 is 12.2 Å². The Kier molecular flexibility index (Phi) is 8.50. The largest absolute Gasteiger partial charge is 0.508 e. The average molecular weight is 331 g/mol. The van der Waals surface area contributed by atoms with E-state index in [1.54, 1.807) is 20.8 Å². The van der Waals surface area contributed by atoms with E-state index in [1.807, 2.05) is 20.8 Å². The lowest BCUT2D eigenvalue weighted by atomic mass is 9.90. The summed E-state index contributed by atoms with van der Waals surface area (Å²) in [4.78, 5) is 22.3. The summed E-state index contributed by atoms with van der Waals surface area (Å²) in [5.41, 5.74) is -1.12. The van der Waals surface area contributed by atoms with Crippen molar-refractivity contribution in [1.82, 2.24) is 5.32 Å². The first kappa shape index (κ1) is 21.1. The van der Waals surface area contributed by atoms with Gasteiger partial charge < -0.3 is 24.3 Å². The van der Waals surface area contributed by atoms with Gasteiger partial charge in [-0.2, -0.15) is 0 Å². The molecule has 0 saturated carbocycles. The van der Waals surface area contributed by atoms with Crippen molar-refractivity contribution in [3.05, 3.63) is 12.3 Å². The van der Waals surface area contributed by atoms with Crippen molar-refractivity contribution in [2.45, 2.75) is 47.1 Å². The highest BCUT2D eigenvalue weighted by molar-refractivity contribution is 5.67. The molecule has 0 unspecified atom stereocenters. The third kappa shape index (κ3) is 8.32. The quantitative estimate of drug-likeness (QED) is 0.473. The van der Waals surface area contributed by atoms with Crippen molar-refractivity contribution in [2.24, 2.45) is 5.41 Å². The number of amides is 1. The van der Waals surface area contributed by atoms with Gasteiger partial charge in [0, 0.05) is 0 Å². The zero-order chi connectivity index (χ0) is 18.1. The molecule has 7 heteroatoms. The molecule has 1 heterocycles. The maximum Gasteiger partial charge on any atom is 0.508 e. The maximum absolute atomic E-state index is 11.4. The average Bonchev–Trinajstić information content (AvgIpc) is 2.47. The summed E-state index contributed by atoms with van der Waals surface area (Å²) in [7, 11) is 0. The van der Waals surface area contributed by atoms with Crippen LogP contribution in [0.1, 0.15) is 41.5 Å². The predicted octanol–water partition coefficient (Wildman–Crippen LogP) is 3.24. The fourth-order valence-corrected chi connectivity index (χ4v) is 1.50. The van der Waals surface area contributed by atoms with Crippen molar-refractivity contribution < 1.29 is 28.5 Å². The van der Waals surface area contributed by atoms with Crippen molar-refractivity contribution >= 4 is 12.2 Å². The molecule has 1 saturated heterocycles. The minimum absolute atomic E-state index is 0.157. The summed E-state index contributed by atoms with van der Waals surface area (Å²) in [6.07, 6.45) is -1.19. The Morgan fingerprint density at radius 1 is 1.30 bits per heavy atom. The third-order valence-corrected chi connectivity index (χ3v) is 2.74. The second-order valence-electron chi connectivity index (χ2n) is 6.09. The first-order valence-corrected chi connectivity index (χ1v) is 7.71. The Morgan fingerprint density at radius 3 is 2.30 bits per heavy atom. The lowest BCUT2D eigenvalue weighted by Gasteiger charge is -2.33. The fraction of sp³-hybridized carbons (Fsp3) is 0.750. The Labute approximate surface area is 138 Å². The van der Waals surface area contributed by atoms with Crippen LogP contribution in [-0.4, -0.2) is 44.2 Å². The molecule has 0 aromatic rings. The van der Waals surface area contributed by atoms with Gasteiger partial charge in [-0.05, 0) is 27.7 Å². The molecule has 0 bridgehead atoms. The van der Waals surface area contributed by atoms with Gasteiger partial charge in [0.1, 0.15) is 31.2 Å². The van der Waals surface area contributed by atoms with Gasteiger partial charge in [0.2, 0.25) is 0 Å².